The monoisotopic (exact) mass is 282 g/mol. The zero-order valence-electron chi connectivity index (χ0n) is 12.4. The molecule has 5 heteroatoms. The fraction of sp³-hybridized carbons (Fsp3) is 0.600. The van der Waals surface area contributed by atoms with Crippen LogP contribution in [0.4, 0.5) is 10.1 Å². The molecule has 20 heavy (non-hydrogen) atoms. The summed E-state index contributed by atoms with van der Waals surface area (Å²) in [5.74, 6) is 0.0407. The minimum absolute atomic E-state index is 0.177. The number of hydrogen-bond donors (Lipinski definition) is 1. The molecule has 0 aliphatic heterocycles. The van der Waals surface area contributed by atoms with Crippen molar-refractivity contribution in [1.82, 2.24) is 5.32 Å². The second kappa shape index (κ2) is 7.94. The van der Waals surface area contributed by atoms with Gasteiger partial charge in [-0.25, -0.2) is 4.39 Å². The van der Waals surface area contributed by atoms with E-state index < -0.39 is 10.7 Å². The van der Waals surface area contributed by atoms with Gasteiger partial charge in [0, 0.05) is 12.1 Å². The van der Waals surface area contributed by atoms with E-state index in [4.69, 9.17) is 0 Å². The summed E-state index contributed by atoms with van der Waals surface area (Å²) in [6.07, 6.45) is 2.54. The highest BCUT2D eigenvalue weighted by atomic mass is 19.1. The second-order valence-electron chi connectivity index (χ2n) is 5.50. The minimum atomic E-state index is -0.553. The van der Waals surface area contributed by atoms with Gasteiger partial charge in [-0.3, -0.25) is 10.1 Å². The van der Waals surface area contributed by atoms with Crippen molar-refractivity contribution in [2.75, 3.05) is 6.54 Å². The Bertz CT molecular complexity index is 449. The molecule has 4 nitrogen and oxygen atoms in total. The summed E-state index contributed by atoms with van der Waals surface area (Å²) in [6.45, 7) is 7.27. The Morgan fingerprint density at radius 3 is 2.60 bits per heavy atom. The summed E-state index contributed by atoms with van der Waals surface area (Å²) >= 11 is 0. The molecule has 1 N–H and O–H groups in total. The third kappa shape index (κ3) is 5.65. The van der Waals surface area contributed by atoms with Crippen molar-refractivity contribution in [2.24, 2.45) is 5.92 Å². The maximum absolute atomic E-state index is 13.4. The van der Waals surface area contributed by atoms with Crippen molar-refractivity contribution in [1.29, 1.82) is 0 Å². The molecule has 0 fully saturated rings. The molecule has 1 aromatic rings. The van der Waals surface area contributed by atoms with Crippen molar-refractivity contribution >= 4 is 5.69 Å². The number of nitro groups is 1. The van der Waals surface area contributed by atoms with Crippen LogP contribution >= 0.6 is 0 Å². The molecule has 0 heterocycles. The van der Waals surface area contributed by atoms with E-state index in [0.29, 0.717) is 23.9 Å². The Hall–Kier alpha value is -1.49. The van der Waals surface area contributed by atoms with Crippen molar-refractivity contribution in [3.05, 3.63) is 39.7 Å². The topological polar surface area (TPSA) is 55.2 Å². The lowest BCUT2D eigenvalue weighted by Gasteiger charge is -2.19. The van der Waals surface area contributed by atoms with E-state index in [-0.39, 0.29) is 5.69 Å². The molecule has 0 aromatic heterocycles. The SMILES string of the molecule is CCNC(CCc1cc(F)cc([N+](=O)[O-])c1)CC(C)C. The Morgan fingerprint density at radius 1 is 1.35 bits per heavy atom. The fourth-order valence-corrected chi connectivity index (χ4v) is 2.38. The average Bonchev–Trinajstić information content (AvgIpc) is 2.35. The smallest absolute Gasteiger partial charge is 0.272 e. The number of benzene rings is 1. The van der Waals surface area contributed by atoms with Gasteiger partial charge in [0.15, 0.2) is 0 Å². The Morgan fingerprint density at radius 2 is 2.05 bits per heavy atom. The predicted molar refractivity (Wildman–Crippen MR) is 78.3 cm³/mol. The zero-order valence-corrected chi connectivity index (χ0v) is 12.4. The highest BCUT2D eigenvalue weighted by Gasteiger charge is 2.13. The lowest BCUT2D eigenvalue weighted by molar-refractivity contribution is -0.385. The summed E-state index contributed by atoms with van der Waals surface area (Å²) in [7, 11) is 0. The standard InChI is InChI=1S/C15H23FN2O2/c1-4-17-14(7-11(2)3)6-5-12-8-13(16)10-15(9-12)18(19)20/h8-11,14,17H,4-7H2,1-3H3. The molecule has 0 amide bonds. The summed E-state index contributed by atoms with van der Waals surface area (Å²) < 4.78 is 13.4. The van der Waals surface area contributed by atoms with Gasteiger partial charge in [0.25, 0.3) is 5.69 Å². The van der Waals surface area contributed by atoms with Gasteiger partial charge in [0.05, 0.1) is 11.0 Å². The average molecular weight is 282 g/mol. The first kappa shape index (κ1) is 16.6. The molecule has 1 unspecified atom stereocenters. The van der Waals surface area contributed by atoms with Crippen molar-refractivity contribution in [2.45, 2.75) is 46.1 Å². The molecule has 112 valence electrons. The first-order valence-electron chi connectivity index (χ1n) is 7.09. The first-order valence-corrected chi connectivity index (χ1v) is 7.09. The molecule has 1 rings (SSSR count). The normalized spacial score (nSPS) is 12.7. The molecule has 1 atom stereocenters. The number of non-ortho nitro benzene ring substituents is 1. The summed E-state index contributed by atoms with van der Waals surface area (Å²) in [5.41, 5.74) is 0.507. The van der Waals surface area contributed by atoms with E-state index in [2.05, 4.69) is 26.1 Å². The van der Waals surface area contributed by atoms with E-state index in [0.717, 1.165) is 25.5 Å². The van der Waals surface area contributed by atoms with Gasteiger partial charge >= 0.3 is 0 Å². The lowest BCUT2D eigenvalue weighted by atomic mass is 9.97. The molecule has 0 saturated carbocycles. The third-order valence-electron chi connectivity index (χ3n) is 3.18. The zero-order chi connectivity index (χ0) is 15.1. The highest BCUT2D eigenvalue weighted by Crippen LogP contribution is 2.19. The molecule has 1 aromatic carbocycles. The Balaban J connectivity index is 2.69. The van der Waals surface area contributed by atoms with E-state index in [9.17, 15) is 14.5 Å². The molecular weight excluding hydrogens is 259 g/mol. The van der Waals surface area contributed by atoms with Crippen LogP contribution in [-0.2, 0) is 6.42 Å². The van der Waals surface area contributed by atoms with Gasteiger partial charge in [-0.05, 0) is 43.4 Å². The maximum Gasteiger partial charge on any atom is 0.272 e. The van der Waals surface area contributed by atoms with Gasteiger partial charge in [-0.1, -0.05) is 20.8 Å². The number of rotatable bonds is 8. The number of hydrogen-bond acceptors (Lipinski definition) is 3. The van der Waals surface area contributed by atoms with Gasteiger partial charge in [0.1, 0.15) is 5.82 Å². The number of nitrogens with zero attached hydrogens (tertiary/aromatic N) is 1. The van der Waals surface area contributed by atoms with Gasteiger partial charge in [0.2, 0.25) is 0 Å². The number of nitrogens with one attached hydrogen (secondary N) is 1. The van der Waals surface area contributed by atoms with Crippen LogP contribution in [-0.4, -0.2) is 17.5 Å². The van der Waals surface area contributed by atoms with Crippen molar-refractivity contribution in [3.8, 4) is 0 Å². The molecule has 0 bridgehead atoms. The van der Waals surface area contributed by atoms with E-state index in [1.165, 1.54) is 12.1 Å². The molecule has 0 spiro atoms. The fourth-order valence-electron chi connectivity index (χ4n) is 2.38. The number of halogens is 1. The van der Waals surface area contributed by atoms with Crippen LogP contribution in [0, 0.1) is 21.8 Å². The largest absolute Gasteiger partial charge is 0.314 e. The van der Waals surface area contributed by atoms with Crippen LogP contribution in [0.3, 0.4) is 0 Å². The van der Waals surface area contributed by atoms with E-state index in [1.54, 1.807) is 0 Å². The van der Waals surface area contributed by atoms with Crippen LogP contribution in [0.2, 0.25) is 0 Å². The first-order chi connectivity index (χ1) is 9.42. The molecule has 0 saturated heterocycles. The van der Waals surface area contributed by atoms with Gasteiger partial charge in [-0.2, -0.15) is 0 Å². The van der Waals surface area contributed by atoms with Crippen molar-refractivity contribution < 1.29 is 9.31 Å². The molecular formula is C15H23FN2O2. The second-order valence-corrected chi connectivity index (χ2v) is 5.50. The van der Waals surface area contributed by atoms with Crippen LogP contribution in [0.15, 0.2) is 18.2 Å². The maximum atomic E-state index is 13.4. The number of aryl methyl sites for hydroxylation is 1. The highest BCUT2D eigenvalue weighted by molar-refractivity contribution is 5.35. The predicted octanol–water partition coefficient (Wildman–Crippen LogP) is 3.69. The summed E-state index contributed by atoms with van der Waals surface area (Å²) in [6, 6.07) is 4.16. The van der Waals surface area contributed by atoms with Crippen LogP contribution < -0.4 is 5.32 Å². The summed E-state index contributed by atoms with van der Waals surface area (Å²) in [5, 5.41) is 14.1. The van der Waals surface area contributed by atoms with Crippen LogP contribution in [0.5, 0.6) is 0 Å². The quantitative estimate of drug-likeness (QED) is 0.584. The van der Waals surface area contributed by atoms with Gasteiger partial charge < -0.3 is 5.32 Å². The minimum Gasteiger partial charge on any atom is -0.314 e. The Kier molecular flexibility index (Phi) is 6.58. The summed E-state index contributed by atoms with van der Waals surface area (Å²) in [4.78, 5) is 10.2. The van der Waals surface area contributed by atoms with Crippen LogP contribution in [0.25, 0.3) is 0 Å². The van der Waals surface area contributed by atoms with Gasteiger partial charge in [-0.15, -0.1) is 0 Å². The van der Waals surface area contributed by atoms with Crippen molar-refractivity contribution in [3.63, 3.8) is 0 Å². The number of nitro benzene ring substituents is 1. The lowest BCUT2D eigenvalue weighted by Crippen LogP contribution is -2.30. The Labute approximate surface area is 119 Å². The third-order valence-corrected chi connectivity index (χ3v) is 3.18. The van der Waals surface area contributed by atoms with Crippen LogP contribution in [0.1, 0.15) is 39.2 Å². The molecule has 0 aliphatic rings. The molecule has 0 aliphatic carbocycles. The molecule has 0 radical (unpaired) electrons. The van der Waals surface area contributed by atoms with E-state index in [1.807, 2.05) is 0 Å². The van der Waals surface area contributed by atoms with E-state index >= 15 is 0 Å².